The highest BCUT2D eigenvalue weighted by atomic mass is 16.3. The van der Waals surface area contributed by atoms with Crippen LogP contribution in [0.1, 0.15) is 19.8 Å². The molecule has 0 unspecified atom stereocenters. The Labute approximate surface area is 108 Å². The van der Waals surface area contributed by atoms with Crippen LogP contribution in [0, 0.1) is 0 Å². The predicted molar refractivity (Wildman–Crippen MR) is 71.3 cm³/mol. The van der Waals surface area contributed by atoms with E-state index in [9.17, 15) is 4.79 Å². The molecule has 0 radical (unpaired) electrons. The summed E-state index contributed by atoms with van der Waals surface area (Å²) in [4.78, 5) is 17.7. The highest BCUT2D eigenvalue weighted by molar-refractivity contribution is 5.92. The number of anilines is 1. The van der Waals surface area contributed by atoms with Crippen molar-refractivity contribution in [2.24, 2.45) is 0 Å². The van der Waals surface area contributed by atoms with Crippen molar-refractivity contribution < 1.29 is 9.90 Å². The molecule has 0 aliphatic heterocycles. The van der Waals surface area contributed by atoms with Crippen molar-refractivity contribution in [3.8, 4) is 0 Å². The maximum Gasteiger partial charge on any atom is 0.238 e. The molecule has 5 heteroatoms. The van der Waals surface area contributed by atoms with Gasteiger partial charge in [0.2, 0.25) is 5.91 Å². The van der Waals surface area contributed by atoms with E-state index in [1.807, 2.05) is 4.90 Å². The van der Waals surface area contributed by atoms with Gasteiger partial charge in [-0.1, -0.05) is 13.3 Å². The molecule has 2 N–H and O–H groups in total. The number of aliphatic hydroxyl groups is 1. The quantitative estimate of drug-likeness (QED) is 0.726. The molecule has 18 heavy (non-hydrogen) atoms. The molecule has 1 aromatic heterocycles. The number of aromatic nitrogens is 1. The number of unbranched alkanes of at least 4 members (excludes halogenated alkanes) is 1. The van der Waals surface area contributed by atoms with E-state index in [0.29, 0.717) is 13.1 Å². The van der Waals surface area contributed by atoms with Gasteiger partial charge in [0.15, 0.2) is 0 Å². The topological polar surface area (TPSA) is 65.5 Å². The molecule has 0 fully saturated rings. The highest BCUT2D eigenvalue weighted by Crippen LogP contribution is 2.03. The number of rotatable bonds is 8. The van der Waals surface area contributed by atoms with E-state index in [-0.39, 0.29) is 12.5 Å². The minimum absolute atomic E-state index is 0.0641. The van der Waals surface area contributed by atoms with Crippen LogP contribution in [0.15, 0.2) is 24.5 Å². The first-order valence-electron chi connectivity index (χ1n) is 6.29. The first-order valence-corrected chi connectivity index (χ1v) is 6.29. The maximum absolute atomic E-state index is 11.8. The molecule has 1 heterocycles. The number of nitrogens with zero attached hydrogens (tertiary/aromatic N) is 2. The van der Waals surface area contributed by atoms with Crippen LogP contribution in [0.2, 0.25) is 0 Å². The highest BCUT2D eigenvalue weighted by Gasteiger charge is 2.09. The number of carbonyl (C=O) groups excluding carboxylic acids is 1. The fourth-order valence-electron chi connectivity index (χ4n) is 1.63. The number of nitrogens with one attached hydrogen (secondary N) is 1. The molecular weight excluding hydrogens is 230 g/mol. The van der Waals surface area contributed by atoms with Crippen molar-refractivity contribution in [3.05, 3.63) is 24.5 Å². The Hall–Kier alpha value is -1.46. The maximum atomic E-state index is 11.8. The van der Waals surface area contributed by atoms with Gasteiger partial charge < -0.3 is 10.4 Å². The number of carbonyl (C=O) groups is 1. The van der Waals surface area contributed by atoms with Crippen molar-refractivity contribution in [1.29, 1.82) is 0 Å². The van der Waals surface area contributed by atoms with Crippen LogP contribution in [-0.4, -0.2) is 47.1 Å². The van der Waals surface area contributed by atoms with Crippen LogP contribution in [0.3, 0.4) is 0 Å². The fraction of sp³-hybridized carbons (Fsp3) is 0.538. The molecule has 0 atom stereocenters. The second-order valence-corrected chi connectivity index (χ2v) is 4.14. The molecule has 0 aliphatic carbocycles. The van der Waals surface area contributed by atoms with Gasteiger partial charge in [-0.3, -0.25) is 14.7 Å². The minimum Gasteiger partial charge on any atom is -0.395 e. The Balaban J connectivity index is 2.40. The van der Waals surface area contributed by atoms with Crippen molar-refractivity contribution in [2.75, 3.05) is 31.6 Å². The lowest BCUT2D eigenvalue weighted by Gasteiger charge is -2.20. The van der Waals surface area contributed by atoms with Crippen molar-refractivity contribution in [1.82, 2.24) is 9.88 Å². The van der Waals surface area contributed by atoms with Crippen molar-refractivity contribution in [3.63, 3.8) is 0 Å². The second kappa shape index (κ2) is 8.60. The van der Waals surface area contributed by atoms with E-state index in [1.165, 1.54) is 0 Å². The van der Waals surface area contributed by atoms with Gasteiger partial charge in [0.05, 0.1) is 13.2 Å². The summed E-state index contributed by atoms with van der Waals surface area (Å²) in [5.74, 6) is -0.0641. The van der Waals surface area contributed by atoms with Gasteiger partial charge in [0.1, 0.15) is 0 Å². The summed E-state index contributed by atoms with van der Waals surface area (Å²) < 4.78 is 0. The summed E-state index contributed by atoms with van der Waals surface area (Å²) in [5.41, 5.74) is 0.745. The third-order valence-corrected chi connectivity index (χ3v) is 2.58. The standard InChI is InChI=1S/C13H21N3O2/c1-2-3-8-16(9-10-17)11-13(18)15-12-4-6-14-7-5-12/h4-7,17H,2-3,8-11H2,1H3,(H,14,15,18). The summed E-state index contributed by atoms with van der Waals surface area (Å²) >= 11 is 0. The monoisotopic (exact) mass is 251 g/mol. The normalized spacial score (nSPS) is 10.6. The summed E-state index contributed by atoms with van der Waals surface area (Å²) in [6.45, 7) is 3.86. The average Bonchev–Trinajstić information content (AvgIpc) is 2.37. The zero-order valence-corrected chi connectivity index (χ0v) is 10.8. The van der Waals surface area contributed by atoms with Gasteiger partial charge in [0, 0.05) is 24.6 Å². The molecule has 0 bridgehead atoms. The zero-order chi connectivity index (χ0) is 13.2. The number of aliphatic hydroxyl groups excluding tert-OH is 1. The smallest absolute Gasteiger partial charge is 0.238 e. The summed E-state index contributed by atoms with van der Waals surface area (Å²) in [7, 11) is 0. The van der Waals surface area contributed by atoms with E-state index in [1.54, 1.807) is 24.5 Å². The van der Waals surface area contributed by atoms with Gasteiger partial charge in [0.25, 0.3) is 0 Å². The van der Waals surface area contributed by atoms with Crippen molar-refractivity contribution in [2.45, 2.75) is 19.8 Å². The molecule has 0 aliphatic rings. The molecule has 1 amide bonds. The van der Waals surface area contributed by atoms with Gasteiger partial charge in [-0.15, -0.1) is 0 Å². The molecule has 1 aromatic rings. The van der Waals surface area contributed by atoms with E-state index >= 15 is 0 Å². The summed E-state index contributed by atoms with van der Waals surface area (Å²) in [6, 6.07) is 3.50. The summed E-state index contributed by atoms with van der Waals surface area (Å²) in [6.07, 6.45) is 5.38. The molecule has 0 saturated carbocycles. The van der Waals surface area contributed by atoms with Crippen LogP contribution in [-0.2, 0) is 4.79 Å². The van der Waals surface area contributed by atoms with Crippen LogP contribution < -0.4 is 5.32 Å². The Bertz CT molecular complexity index is 343. The minimum atomic E-state index is -0.0641. The number of hydrogen-bond donors (Lipinski definition) is 2. The molecule has 100 valence electrons. The predicted octanol–water partition coefficient (Wildman–Crippen LogP) is 1.11. The number of hydrogen-bond acceptors (Lipinski definition) is 4. The van der Waals surface area contributed by atoms with Crippen LogP contribution in [0.5, 0.6) is 0 Å². The molecule has 0 spiro atoms. The van der Waals surface area contributed by atoms with Gasteiger partial charge >= 0.3 is 0 Å². The fourth-order valence-corrected chi connectivity index (χ4v) is 1.63. The SMILES string of the molecule is CCCCN(CCO)CC(=O)Nc1ccncc1. The second-order valence-electron chi connectivity index (χ2n) is 4.14. The first kappa shape index (κ1) is 14.6. The van der Waals surface area contributed by atoms with E-state index in [0.717, 1.165) is 25.1 Å². The Morgan fingerprint density at radius 1 is 1.39 bits per heavy atom. The first-order chi connectivity index (χ1) is 8.76. The lowest BCUT2D eigenvalue weighted by atomic mass is 10.3. The largest absolute Gasteiger partial charge is 0.395 e. The number of amides is 1. The third kappa shape index (κ3) is 5.75. The lowest BCUT2D eigenvalue weighted by molar-refractivity contribution is -0.117. The Kier molecular flexibility index (Phi) is 6.98. The van der Waals surface area contributed by atoms with Crippen LogP contribution in [0.25, 0.3) is 0 Å². The molecular formula is C13H21N3O2. The number of pyridine rings is 1. The van der Waals surface area contributed by atoms with Crippen LogP contribution in [0.4, 0.5) is 5.69 Å². The molecule has 0 saturated heterocycles. The molecule has 0 aromatic carbocycles. The Morgan fingerprint density at radius 2 is 2.11 bits per heavy atom. The van der Waals surface area contributed by atoms with Crippen molar-refractivity contribution >= 4 is 11.6 Å². The van der Waals surface area contributed by atoms with E-state index in [2.05, 4.69) is 17.2 Å². The molecule has 1 rings (SSSR count). The van der Waals surface area contributed by atoms with E-state index in [4.69, 9.17) is 5.11 Å². The van der Waals surface area contributed by atoms with Gasteiger partial charge in [-0.25, -0.2) is 0 Å². The average molecular weight is 251 g/mol. The zero-order valence-electron chi connectivity index (χ0n) is 10.8. The van der Waals surface area contributed by atoms with Crippen LogP contribution >= 0.6 is 0 Å². The summed E-state index contributed by atoms with van der Waals surface area (Å²) in [5, 5.41) is 11.8. The van der Waals surface area contributed by atoms with Gasteiger partial charge in [-0.2, -0.15) is 0 Å². The van der Waals surface area contributed by atoms with Gasteiger partial charge in [-0.05, 0) is 25.1 Å². The Morgan fingerprint density at radius 3 is 2.72 bits per heavy atom. The third-order valence-electron chi connectivity index (χ3n) is 2.58. The molecule has 5 nitrogen and oxygen atoms in total. The lowest BCUT2D eigenvalue weighted by Crippen LogP contribution is -2.35. The van der Waals surface area contributed by atoms with E-state index < -0.39 is 0 Å².